The molecule has 1 unspecified atom stereocenters. The van der Waals surface area contributed by atoms with Gasteiger partial charge in [-0.15, -0.1) is 0 Å². The van der Waals surface area contributed by atoms with Crippen LogP contribution in [0.4, 0.5) is 5.82 Å². The van der Waals surface area contributed by atoms with Gasteiger partial charge in [0.1, 0.15) is 11.6 Å². The minimum absolute atomic E-state index is 0.00200. The van der Waals surface area contributed by atoms with Gasteiger partial charge in [-0.2, -0.15) is 0 Å². The number of aryl methyl sites for hydroxylation is 1. The first-order valence-electron chi connectivity index (χ1n) is 9.46. The molecule has 0 bridgehead atoms. The second kappa shape index (κ2) is 7.12. The molecule has 0 spiro atoms. The van der Waals surface area contributed by atoms with Crippen LogP contribution < -0.4 is 5.32 Å². The van der Waals surface area contributed by atoms with Gasteiger partial charge in [-0.05, 0) is 57.3 Å². The first kappa shape index (κ1) is 17.7. The largest absolute Gasteiger partial charge is 0.331 e. The van der Waals surface area contributed by atoms with Gasteiger partial charge in [0.15, 0.2) is 0 Å². The molecule has 1 aliphatic heterocycles. The molecule has 1 atom stereocenters. The Morgan fingerprint density at radius 2 is 1.89 bits per heavy atom. The van der Waals surface area contributed by atoms with Crippen LogP contribution in [-0.4, -0.2) is 44.5 Å². The number of imidazole rings is 1. The molecule has 6 heteroatoms. The van der Waals surface area contributed by atoms with Gasteiger partial charge in [-0.25, -0.2) is 9.97 Å². The molecule has 27 heavy (non-hydrogen) atoms. The molecule has 0 aliphatic carbocycles. The molecule has 4 rings (SSSR count). The van der Waals surface area contributed by atoms with Crippen molar-refractivity contribution in [3.63, 3.8) is 0 Å². The molecule has 1 fully saturated rings. The monoisotopic (exact) mass is 363 g/mol. The predicted molar refractivity (Wildman–Crippen MR) is 108 cm³/mol. The zero-order chi connectivity index (χ0) is 19.0. The van der Waals surface area contributed by atoms with Gasteiger partial charge in [-0.3, -0.25) is 9.69 Å². The van der Waals surface area contributed by atoms with Crippen LogP contribution in [0.3, 0.4) is 0 Å². The van der Waals surface area contributed by atoms with Crippen molar-refractivity contribution < 1.29 is 4.79 Å². The number of hydrogen-bond donors (Lipinski definition) is 1. The molecule has 1 amide bonds. The van der Waals surface area contributed by atoms with Gasteiger partial charge in [-0.1, -0.05) is 12.1 Å². The van der Waals surface area contributed by atoms with Crippen molar-refractivity contribution in [2.24, 2.45) is 7.05 Å². The van der Waals surface area contributed by atoms with E-state index in [1.165, 1.54) is 12.8 Å². The molecular weight excluding hydrogens is 338 g/mol. The number of carbonyl (C=O) groups is 1. The first-order valence-corrected chi connectivity index (χ1v) is 9.46. The van der Waals surface area contributed by atoms with Crippen LogP contribution in [0.15, 0.2) is 36.7 Å². The number of carbonyl (C=O) groups excluding carboxylic acids is 1. The highest BCUT2D eigenvalue weighted by Crippen LogP contribution is 2.26. The molecule has 1 aliphatic rings. The Morgan fingerprint density at radius 3 is 2.59 bits per heavy atom. The van der Waals surface area contributed by atoms with E-state index < -0.39 is 0 Å². The predicted octanol–water partition coefficient (Wildman–Crippen LogP) is 3.37. The van der Waals surface area contributed by atoms with Crippen molar-refractivity contribution in [3.05, 3.63) is 42.5 Å². The third-order valence-electron chi connectivity index (χ3n) is 5.56. The maximum absolute atomic E-state index is 12.6. The van der Waals surface area contributed by atoms with Crippen molar-refractivity contribution in [3.8, 4) is 11.3 Å². The van der Waals surface area contributed by atoms with E-state index in [4.69, 9.17) is 0 Å². The molecule has 3 aromatic rings. The number of aromatic nitrogens is 3. The minimum Gasteiger partial charge on any atom is -0.331 e. The summed E-state index contributed by atoms with van der Waals surface area (Å²) >= 11 is 0. The van der Waals surface area contributed by atoms with Crippen LogP contribution in [0.25, 0.3) is 22.0 Å². The Kier molecular flexibility index (Phi) is 4.66. The summed E-state index contributed by atoms with van der Waals surface area (Å²) in [6.07, 6.45) is 6.03. The lowest BCUT2D eigenvalue weighted by molar-refractivity contribution is -0.120. The van der Waals surface area contributed by atoms with E-state index >= 15 is 0 Å². The fraction of sp³-hybridized carbons (Fsp3) is 0.381. The van der Waals surface area contributed by atoms with E-state index in [2.05, 4.69) is 43.0 Å². The fourth-order valence-electron chi connectivity index (χ4n) is 3.66. The standard InChI is InChI=1S/C21H25N5O/c1-14(26-8-4-5-9-26)21(27)24-20-11-18-10-16(6-7-17(18)12-23-20)19-13-22-15(2)25(19)3/h6-7,10-14H,4-5,8-9H2,1-3H3,(H,23,24,27). The third-order valence-corrected chi connectivity index (χ3v) is 5.56. The Hall–Kier alpha value is -2.73. The first-order chi connectivity index (χ1) is 13.0. The summed E-state index contributed by atoms with van der Waals surface area (Å²) in [4.78, 5) is 23.6. The van der Waals surface area contributed by atoms with Gasteiger partial charge >= 0.3 is 0 Å². The summed E-state index contributed by atoms with van der Waals surface area (Å²) < 4.78 is 2.07. The number of hydrogen-bond acceptors (Lipinski definition) is 4. The van der Waals surface area contributed by atoms with Crippen LogP contribution in [-0.2, 0) is 11.8 Å². The normalized spacial score (nSPS) is 16.0. The SMILES string of the molecule is Cc1ncc(-c2ccc3cnc(NC(=O)C(C)N4CCCC4)cc3c2)n1C. The molecule has 1 saturated heterocycles. The maximum Gasteiger partial charge on any atom is 0.242 e. The molecule has 6 nitrogen and oxygen atoms in total. The van der Waals surface area contributed by atoms with Crippen molar-refractivity contribution in [1.82, 2.24) is 19.4 Å². The van der Waals surface area contributed by atoms with Crippen molar-refractivity contribution in [2.45, 2.75) is 32.7 Å². The molecule has 0 saturated carbocycles. The van der Waals surface area contributed by atoms with Crippen LogP contribution in [0.1, 0.15) is 25.6 Å². The molecule has 140 valence electrons. The average molecular weight is 363 g/mol. The van der Waals surface area contributed by atoms with E-state index in [1.807, 2.05) is 39.4 Å². The van der Waals surface area contributed by atoms with E-state index in [0.717, 1.165) is 40.9 Å². The van der Waals surface area contributed by atoms with Gasteiger partial charge < -0.3 is 9.88 Å². The highest BCUT2D eigenvalue weighted by Gasteiger charge is 2.24. The lowest BCUT2D eigenvalue weighted by Gasteiger charge is -2.22. The Labute approximate surface area is 159 Å². The highest BCUT2D eigenvalue weighted by molar-refractivity contribution is 5.96. The fourth-order valence-corrected chi connectivity index (χ4v) is 3.66. The van der Waals surface area contributed by atoms with Gasteiger partial charge in [0.25, 0.3) is 0 Å². The molecular formula is C21H25N5O. The van der Waals surface area contributed by atoms with Crippen LogP contribution in [0, 0.1) is 6.92 Å². The summed E-state index contributed by atoms with van der Waals surface area (Å²) in [5.41, 5.74) is 2.17. The minimum atomic E-state index is -0.131. The molecule has 3 heterocycles. The highest BCUT2D eigenvalue weighted by atomic mass is 16.2. The zero-order valence-electron chi connectivity index (χ0n) is 16.1. The lowest BCUT2D eigenvalue weighted by Crippen LogP contribution is -2.40. The lowest BCUT2D eigenvalue weighted by atomic mass is 10.1. The quantitative estimate of drug-likeness (QED) is 0.772. The van der Waals surface area contributed by atoms with Crippen LogP contribution in [0.2, 0.25) is 0 Å². The number of anilines is 1. The van der Waals surface area contributed by atoms with E-state index in [9.17, 15) is 4.79 Å². The summed E-state index contributed by atoms with van der Waals surface area (Å²) in [6, 6.07) is 8.06. The van der Waals surface area contributed by atoms with Gasteiger partial charge in [0, 0.05) is 24.2 Å². The summed E-state index contributed by atoms with van der Waals surface area (Å²) in [7, 11) is 2.01. The molecule has 0 radical (unpaired) electrons. The number of benzene rings is 1. The maximum atomic E-state index is 12.6. The molecule has 1 aromatic carbocycles. The number of nitrogens with zero attached hydrogens (tertiary/aromatic N) is 4. The summed E-state index contributed by atoms with van der Waals surface area (Å²) in [5, 5.41) is 5.07. The Balaban J connectivity index is 1.59. The smallest absolute Gasteiger partial charge is 0.242 e. The van der Waals surface area contributed by atoms with Crippen molar-refractivity contribution in [2.75, 3.05) is 18.4 Å². The third kappa shape index (κ3) is 3.45. The van der Waals surface area contributed by atoms with E-state index in [-0.39, 0.29) is 11.9 Å². The topological polar surface area (TPSA) is 63.1 Å². The summed E-state index contributed by atoms with van der Waals surface area (Å²) in [6.45, 7) is 5.94. The number of pyridine rings is 1. The number of nitrogens with one attached hydrogen (secondary N) is 1. The Bertz CT molecular complexity index is 987. The molecule has 1 N–H and O–H groups in total. The van der Waals surface area contributed by atoms with Gasteiger partial charge in [0.2, 0.25) is 5.91 Å². The molecule has 2 aromatic heterocycles. The van der Waals surface area contributed by atoms with Gasteiger partial charge in [0.05, 0.1) is 17.9 Å². The van der Waals surface area contributed by atoms with E-state index in [0.29, 0.717) is 5.82 Å². The van der Waals surface area contributed by atoms with Crippen molar-refractivity contribution >= 4 is 22.5 Å². The van der Waals surface area contributed by atoms with Crippen LogP contribution >= 0.6 is 0 Å². The number of likely N-dealkylation sites (tertiary alicyclic amines) is 1. The number of amides is 1. The van der Waals surface area contributed by atoms with Crippen LogP contribution in [0.5, 0.6) is 0 Å². The number of fused-ring (bicyclic) bond motifs is 1. The number of rotatable bonds is 4. The van der Waals surface area contributed by atoms with E-state index in [1.54, 1.807) is 0 Å². The summed E-state index contributed by atoms with van der Waals surface area (Å²) in [5.74, 6) is 1.57. The second-order valence-corrected chi connectivity index (χ2v) is 7.29. The second-order valence-electron chi connectivity index (χ2n) is 7.29. The Morgan fingerprint density at radius 1 is 1.11 bits per heavy atom. The zero-order valence-corrected chi connectivity index (χ0v) is 16.1. The van der Waals surface area contributed by atoms with Crippen molar-refractivity contribution in [1.29, 1.82) is 0 Å². The average Bonchev–Trinajstić information content (AvgIpc) is 3.31.